The highest BCUT2D eigenvalue weighted by Crippen LogP contribution is 2.19. The molecule has 0 saturated heterocycles. The summed E-state index contributed by atoms with van der Waals surface area (Å²) in [5.41, 5.74) is 5.91. The van der Waals surface area contributed by atoms with Gasteiger partial charge in [-0.3, -0.25) is 4.79 Å². The minimum absolute atomic E-state index is 0.0254. The highest BCUT2D eigenvalue weighted by Gasteiger charge is 2.14. The molecule has 2 rings (SSSR count). The number of benzene rings is 1. The number of rotatable bonds is 2. The average molecular weight is 221 g/mol. The van der Waals surface area contributed by atoms with Crippen molar-refractivity contribution < 1.29 is 9.18 Å². The van der Waals surface area contributed by atoms with Crippen molar-refractivity contribution in [1.29, 1.82) is 0 Å². The lowest BCUT2D eigenvalue weighted by Crippen LogP contribution is -2.03. The zero-order valence-corrected chi connectivity index (χ0v) is 8.55. The smallest absolute Gasteiger partial charge is 0.205 e. The van der Waals surface area contributed by atoms with Crippen LogP contribution in [-0.4, -0.2) is 5.78 Å². The third-order valence-electron chi connectivity index (χ3n) is 1.98. The molecule has 4 heteroatoms. The Kier molecular flexibility index (Phi) is 2.51. The minimum Gasteiger partial charge on any atom is -0.399 e. The van der Waals surface area contributed by atoms with Crippen molar-refractivity contribution in [3.63, 3.8) is 0 Å². The molecule has 2 nitrogen and oxygen atoms in total. The molecular weight excluding hydrogens is 213 g/mol. The molecule has 76 valence electrons. The summed E-state index contributed by atoms with van der Waals surface area (Å²) in [5.74, 6) is -0.864. The van der Waals surface area contributed by atoms with Crippen LogP contribution in [-0.2, 0) is 0 Å². The van der Waals surface area contributed by atoms with Gasteiger partial charge in [0.2, 0.25) is 5.78 Å². The summed E-state index contributed by atoms with van der Waals surface area (Å²) in [6.07, 6.45) is 0. The van der Waals surface area contributed by atoms with Crippen LogP contribution in [0.25, 0.3) is 0 Å². The molecule has 1 aromatic carbocycles. The molecule has 15 heavy (non-hydrogen) atoms. The van der Waals surface area contributed by atoms with Gasteiger partial charge in [-0.25, -0.2) is 4.39 Å². The normalized spacial score (nSPS) is 10.2. The highest BCUT2D eigenvalue weighted by molar-refractivity contribution is 7.12. The van der Waals surface area contributed by atoms with Crippen LogP contribution in [0.2, 0.25) is 0 Å². The number of carbonyl (C=O) groups is 1. The fraction of sp³-hybridized carbons (Fsp3) is 0. The molecule has 1 heterocycles. The zero-order chi connectivity index (χ0) is 10.8. The standard InChI is InChI=1S/C11H8FNOS/c12-9-4-3-7(13)6-8(9)11(14)10-2-1-5-15-10/h1-6H,13H2. The van der Waals surface area contributed by atoms with E-state index in [1.165, 1.54) is 29.5 Å². The number of hydrogen-bond acceptors (Lipinski definition) is 3. The lowest BCUT2D eigenvalue weighted by atomic mass is 10.1. The Hall–Kier alpha value is -1.68. The predicted octanol–water partition coefficient (Wildman–Crippen LogP) is 2.70. The van der Waals surface area contributed by atoms with E-state index in [-0.39, 0.29) is 11.3 Å². The van der Waals surface area contributed by atoms with Gasteiger partial charge in [0.1, 0.15) is 5.82 Å². The first kappa shape index (κ1) is 9.86. The van der Waals surface area contributed by atoms with Crippen molar-refractivity contribution in [3.05, 3.63) is 52.0 Å². The van der Waals surface area contributed by atoms with Crippen LogP contribution < -0.4 is 5.73 Å². The summed E-state index contributed by atoms with van der Waals surface area (Å²) >= 11 is 1.28. The van der Waals surface area contributed by atoms with E-state index in [0.29, 0.717) is 10.6 Å². The first-order valence-corrected chi connectivity index (χ1v) is 5.19. The van der Waals surface area contributed by atoms with Crippen LogP contribution in [0.3, 0.4) is 0 Å². The Balaban J connectivity index is 2.46. The summed E-state index contributed by atoms with van der Waals surface area (Å²) in [7, 11) is 0. The Morgan fingerprint density at radius 2 is 2.13 bits per heavy atom. The molecular formula is C11H8FNOS. The van der Waals surface area contributed by atoms with E-state index >= 15 is 0 Å². The second-order valence-corrected chi connectivity index (χ2v) is 3.99. The van der Waals surface area contributed by atoms with E-state index in [4.69, 9.17) is 5.73 Å². The number of carbonyl (C=O) groups excluding carboxylic acids is 1. The Labute approximate surface area is 90.2 Å². The SMILES string of the molecule is Nc1ccc(F)c(C(=O)c2cccs2)c1. The molecule has 1 aromatic heterocycles. The van der Waals surface area contributed by atoms with Crippen LogP contribution in [0, 0.1) is 5.82 Å². The average Bonchev–Trinajstić information content (AvgIpc) is 2.74. The van der Waals surface area contributed by atoms with Gasteiger partial charge in [-0.1, -0.05) is 6.07 Å². The first-order chi connectivity index (χ1) is 7.18. The largest absolute Gasteiger partial charge is 0.399 e. The minimum atomic E-state index is -0.539. The number of hydrogen-bond donors (Lipinski definition) is 1. The van der Waals surface area contributed by atoms with Crippen LogP contribution >= 0.6 is 11.3 Å². The van der Waals surface area contributed by atoms with Crippen molar-refractivity contribution in [2.75, 3.05) is 5.73 Å². The fourth-order valence-corrected chi connectivity index (χ4v) is 1.94. The number of anilines is 1. The molecule has 0 aliphatic carbocycles. The summed E-state index contributed by atoms with van der Waals surface area (Å²) in [6.45, 7) is 0. The fourth-order valence-electron chi connectivity index (χ4n) is 1.26. The topological polar surface area (TPSA) is 43.1 Å². The van der Waals surface area contributed by atoms with Gasteiger partial charge < -0.3 is 5.73 Å². The molecule has 2 N–H and O–H groups in total. The van der Waals surface area contributed by atoms with Gasteiger partial charge in [0.15, 0.2) is 0 Å². The second-order valence-electron chi connectivity index (χ2n) is 3.05. The van der Waals surface area contributed by atoms with E-state index in [0.717, 1.165) is 0 Å². The summed E-state index contributed by atoms with van der Waals surface area (Å²) in [6, 6.07) is 7.41. The van der Waals surface area contributed by atoms with Crippen molar-refractivity contribution in [2.24, 2.45) is 0 Å². The third kappa shape index (κ3) is 1.89. The quantitative estimate of drug-likeness (QED) is 0.626. The van der Waals surface area contributed by atoms with Crippen LogP contribution in [0.5, 0.6) is 0 Å². The van der Waals surface area contributed by atoms with E-state index in [1.54, 1.807) is 17.5 Å². The molecule has 0 aliphatic rings. The van der Waals surface area contributed by atoms with Crippen LogP contribution in [0.4, 0.5) is 10.1 Å². The number of halogens is 1. The third-order valence-corrected chi connectivity index (χ3v) is 2.85. The van der Waals surface area contributed by atoms with Gasteiger partial charge in [0.25, 0.3) is 0 Å². The van der Waals surface area contributed by atoms with E-state index in [2.05, 4.69) is 0 Å². The second kappa shape index (κ2) is 3.82. The van der Waals surface area contributed by atoms with Gasteiger partial charge in [0, 0.05) is 5.69 Å². The maximum atomic E-state index is 13.3. The van der Waals surface area contributed by atoms with Gasteiger partial charge in [-0.05, 0) is 29.6 Å². The monoisotopic (exact) mass is 221 g/mol. The van der Waals surface area contributed by atoms with Gasteiger partial charge in [-0.2, -0.15) is 0 Å². The molecule has 0 fully saturated rings. The van der Waals surface area contributed by atoms with E-state index in [9.17, 15) is 9.18 Å². The highest BCUT2D eigenvalue weighted by atomic mass is 32.1. The summed E-state index contributed by atoms with van der Waals surface area (Å²) < 4.78 is 13.3. The van der Waals surface area contributed by atoms with Crippen molar-refractivity contribution in [1.82, 2.24) is 0 Å². The van der Waals surface area contributed by atoms with Crippen molar-refractivity contribution in [2.45, 2.75) is 0 Å². The zero-order valence-electron chi connectivity index (χ0n) is 7.74. The Morgan fingerprint density at radius 3 is 2.80 bits per heavy atom. The maximum Gasteiger partial charge on any atom is 0.205 e. The first-order valence-electron chi connectivity index (χ1n) is 4.31. The maximum absolute atomic E-state index is 13.3. The Bertz CT molecular complexity index is 493. The molecule has 0 spiro atoms. The number of thiophene rings is 1. The van der Waals surface area contributed by atoms with Crippen LogP contribution in [0.15, 0.2) is 35.7 Å². The number of nitrogen functional groups attached to an aromatic ring is 1. The van der Waals surface area contributed by atoms with Gasteiger partial charge >= 0.3 is 0 Å². The van der Waals surface area contributed by atoms with Gasteiger partial charge in [0.05, 0.1) is 10.4 Å². The number of ketones is 1. The predicted molar refractivity (Wildman–Crippen MR) is 58.6 cm³/mol. The van der Waals surface area contributed by atoms with Crippen molar-refractivity contribution >= 4 is 22.8 Å². The summed E-state index contributed by atoms with van der Waals surface area (Å²) in [5, 5.41) is 1.78. The molecule has 0 saturated carbocycles. The van der Waals surface area contributed by atoms with E-state index in [1.807, 2.05) is 0 Å². The lowest BCUT2D eigenvalue weighted by Gasteiger charge is -2.01. The molecule has 0 radical (unpaired) electrons. The molecule has 0 amide bonds. The Morgan fingerprint density at radius 1 is 1.33 bits per heavy atom. The number of nitrogens with two attached hydrogens (primary N) is 1. The lowest BCUT2D eigenvalue weighted by molar-refractivity contribution is 0.103. The molecule has 2 aromatic rings. The molecule has 0 bridgehead atoms. The molecule has 0 aliphatic heterocycles. The molecule has 0 atom stereocenters. The molecule has 0 unspecified atom stereocenters. The van der Waals surface area contributed by atoms with Crippen LogP contribution in [0.1, 0.15) is 15.2 Å². The van der Waals surface area contributed by atoms with E-state index < -0.39 is 5.82 Å². The van der Waals surface area contributed by atoms with Crippen molar-refractivity contribution in [3.8, 4) is 0 Å². The summed E-state index contributed by atoms with van der Waals surface area (Å²) in [4.78, 5) is 12.3. The van der Waals surface area contributed by atoms with Gasteiger partial charge in [-0.15, -0.1) is 11.3 Å².